The topological polar surface area (TPSA) is 66.6 Å². The minimum Gasteiger partial charge on any atom is -0.396 e. The summed E-state index contributed by atoms with van der Waals surface area (Å²) in [5.41, 5.74) is 5.17. The maximum atomic E-state index is 10.8. The molecule has 4 nitrogen and oxygen atoms in total. The van der Waals surface area contributed by atoms with Gasteiger partial charge in [-0.05, 0) is 25.2 Å². The molecule has 74 valence electrons. The third-order valence-electron chi connectivity index (χ3n) is 3.38. The second-order valence-electron chi connectivity index (χ2n) is 4.12. The highest BCUT2D eigenvalue weighted by Gasteiger charge is 2.45. The van der Waals surface area contributed by atoms with Gasteiger partial charge in [0.05, 0.1) is 6.54 Å². The number of rotatable bonds is 3. The van der Waals surface area contributed by atoms with Crippen molar-refractivity contribution in [2.45, 2.75) is 31.3 Å². The molecule has 0 aromatic rings. The smallest absolute Gasteiger partial charge is 0.231 e. The lowest BCUT2D eigenvalue weighted by Crippen LogP contribution is -2.38. The molecule has 13 heavy (non-hydrogen) atoms. The van der Waals surface area contributed by atoms with E-state index in [0.717, 1.165) is 19.3 Å². The predicted octanol–water partition coefficient (Wildman–Crippen LogP) is -0.683. The van der Waals surface area contributed by atoms with E-state index < -0.39 is 0 Å². The third-order valence-corrected chi connectivity index (χ3v) is 3.38. The zero-order valence-electron chi connectivity index (χ0n) is 7.65. The molecule has 0 radical (unpaired) electrons. The van der Waals surface area contributed by atoms with Gasteiger partial charge >= 0.3 is 0 Å². The summed E-state index contributed by atoms with van der Waals surface area (Å²) in [7, 11) is 0. The van der Waals surface area contributed by atoms with Crippen LogP contribution in [0.15, 0.2) is 0 Å². The molecule has 0 saturated carbocycles. The number of aliphatic hydroxyl groups excluding tert-OH is 1. The molecule has 4 heteroatoms. The van der Waals surface area contributed by atoms with Gasteiger partial charge in [0.1, 0.15) is 0 Å². The number of fused-ring (bicyclic) bond motifs is 2. The fourth-order valence-electron chi connectivity index (χ4n) is 2.85. The van der Waals surface area contributed by atoms with Crippen LogP contribution in [-0.2, 0) is 4.79 Å². The van der Waals surface area contributed by atoms with Crippen molar-refractivity contribution in [3.8, 4) is 0 Å². The molecule has 0 aliphatic carbocycles. The zero-order chi connectivity index (χ0) is 9.42. The summed E-state index contributed by atoms with van der Waals surface area (Å²) in [6.07, 6.45) is 3.31. The highest BCUT2D eigenvalue weighted by molar-refractivity contribution is 5.76. The minimum atomic E-state index is -0.254. The number of primary amides is 1. The van der Waals surface area contributed by atoms with Crippen molar-refractivity contribution in [2.24, 2.45) is 11.7 Å². The van der Waals surface area contributed by atoms with E-state index in [1.807, 2.05) is 0 Å². The molecular formula is C9H16N2O2. The van der Waals surface area contributed by atoms with Crippen LogP contribution in [0.2, 0.25) is 0 Å². The molecule has 2 bridgehead atoms. The first-order valence-corrected chi connectivity index (χ1v) is 4.87. The number of hydrogen-bond donors (Lipinski definition) is 2. The van der Waals surface area contributed by atoms with Gasteiger partial charge in [0.2, 0.25) is 5.91 Å². The van der Waals surface area contributed by atoms with Gasteiger partial charge in [-0.3, -0.25) is 9.69 Å². The fourth-order valence-corrected chi connectivity index (χ4v) is 2.85. The van der Waals surface area contributed by atoms with Crippen molar-refractivity contribution >= 4 is 5.91 Å². The Morgan fingerprint density at radius 2 is 2.31 bits per heavy atom. The zero-order valence-corrected chi connectivity index (χ0v) is 7.65. The maximum absolute atomic E-state index is 10.8. The minimum absolute atomic E-state index is 0.246. The van der Waals surface area contributed by atoms with Crippen molar-refractivity contribution in [2.75, 3.05) is 13.2 Å². The first-order chi connectivity index (χ1) is 6.22. The van der Waals surface area contributed by atoms with Gasteiger partial charge in [-0.1, -0.05) is 0 Å². The van der Waals surface area contributed by atoms with Crippen molar-refractivity contribution in [3.63, 3.8) is 0 Å². The van der Waals surface area contributed by atoms with Crippen molar-refractivity contribution < 1.29 is 9.90 Å². The Labute approximate surface area is 77.7 Å². The Bertz CT molecular complexity index is 220. The van der Waals surface area contributed by atoms with E-state index in [-0.39, 0.29) is 12.5 Å². The van der Waals surface area contributed by atoms with Crippen LogP contribution in [0.25, 0.3) is 0 Å². The van der Waals surface area contributed by atoms with Crippen LogP contribution in [0.5, 0.6) is 0 Å². The van der Waals surface area contributed by atoms with E-state index in [0.29, 0.717) is 24.5 Å². The Morgan fingerprint density at radius 3 is 2.85 bits per heavy atom. The molecule has 2 saturated heterocycles. The molecule has 3 unspecified atom stereocenters. The maximum Gasteiger partial charge on any atom is 0.231 e. The fraction of sp³-hybridized carbons (Fsp3) is 0.889. The third kappa shape index (κ3) is 1.44. The summed E-state index contributed by atoms with van der Waals surface area (Å²) >= 11 is 0. The summed E-state index contributed by atoms with van der Waals surface area (Å²) in [6.45, 7) is 0.613. The number of aliphatic hydroxyl groups is 1. The van der Waals surface area contributed by atoms with E-state index >= 15 is 0 Å². The number of nitrogens with zero attached hydrogens (tertiary/aromatic N) is 1. The monoisotopic (exact) mass is 184 g/mol. The van der Waals surface area contributed by atoms with Crippen LogP contribution in [0.3, 0.4) is 0 Å². The number of carbonyl (C=O) groups is 1. The lowest BCUT2D eigenvalue weighted by atomic mass is 9.90. The lowest BCUT2D eigenvalue weighted by Gasteiger charge is -2.21. The molecule has 2 rings (SSSR count). The number of nitrogens with two attached hydrogens (primary N) is 1. The first kappa shape index (κ1) is 8.97. The van der Waals surface area contributed by atoms with E-state index in [9.17, 15) is 4.79 Å². The van der Waals surface area contributed by atoms with Gasteiger partial charge in [0.15, 0.2) is 0 Å². The summed E-state index contributed by atoms with van der Waals surface area (Å²) in [5, 5.41) is 9.10. The van der Waals surface area contributed by atoms with Gasteiger partial charge < -0.3 is 10.8 Å². The van der Waals surface area contributed by atoms with E-state index in [1.54, 1.807) is 0 Å². The average molecular weight is 184 g/mol. The molecule has 0 aromatic heterocycles. The van der Waals surface area contributed by atoms with Gasteiger partial charge in [-0.2, -0.15) is 0 Å². The number of carbonyl (C=O) groups excluding carboxylic acids is 1. The second kappa shape index (κ2) is 3.27. The summed E-state index contributed by atoms with van der Waals surface area (Å²) in [4.78, 5) is 13.0. The SMILES string of the molecule is NC(=O)CN1C2CCC1C(CO)C2. The molecule has 1 amide bonds. The van der Waals surface area contributed by atoms with Gasteiger partial charge in [0, 0.05) is 18.7 Å². The van der Waals surface area contributed by atoms with Gasteiger partial charge in [-0.15, -0.1) is 0 Å². The van der Waals surface area contributed by atoms with Gasteiger partial charge in [0.25, 0.3) is 0 Å². The van der Waals surface area contributed by atoms with Crippen molar-refractivity contribution in [1.82, 2.24) is 4.90 Å². The largest absolute Gasteiger partial charge is 0.396 e. The second-order valence-corrected chi connectivity index (χ2v) is 4.12. The van der Waals surface area contributed by atoms with Crippen molar-refractivity contribution in [1.29, 1.82) is 0 Å². The Hall–Kier alpha value is -0.610. The highest BCUT2D eigenvalue weighted by Crippen LogP contribution is 2.40. The van der Waals surface area contributed by atoms with Crippen LogP contribution in [-0.4, -0.2) is 41.1 Å². The summed E-state index contributed by atoms with van der Waals surface area (Å²) < 4.78 is 0. The van der Waals surface area contributed by atoms with Crippen molar-refractivity contribution in [3.05, 3.63) is 0 Å². The van der Waals surface area contributed by atoms with Crippen LogP contribution in [0, 0.1) is 5.92 Å². The van der Waals surface area contributed by atoms with E-state index in [2.05, 4.69) is 4.90 Å². The Kier molecular flexibility index (Phi) is 2.26. The quantitative estimate of drug-likeness (QED) is 0.610. The Balaban J connectivity index is 2.02. The molecule has 3 N–H and O–H groups in total. The molecule has 0 spiro atoms. The van der Waals surface area contributed by atoms with Gasteiger partial charge in [-0.25, -0.2) is 0 Å². The molecule has 0 aromatic carbocycles. The molecule has 2 fully saturated rings. The summed E-state index contributed by atoms with van der Waals surface area (Å²) in [5.74, 6) is 0.119. The number of hydrogen-bond acceptors (Lipinski definition) is 3. The Morgan fingerprint density at radius 1 is 1.54 bits per heavy atom. The van der Waals surface area contributed by atoms with Crippen LogP contribution in [0.4, 0.5) is 0 Å². The van der Waals surface area contributed by atoms with E-state index in [1.165, 1.54) is 0 Å². The predicted molar refractivity (Wildman–Crippen MR) is 47.9 cm³/mol. The molecule has 3 atom stereocenters. The normalized spacial score (nSPS) is 38.4. The van der Waals surface area contributed by atoms with Crippen LogP contribution in [0.1, 0.15) is 19.3 Å². The van der Waals surface area contributed by atoms with Crippen LogP contribution < -0.4 is 5.73 Å². The summed E-state index contributed by atoms with van der Waals surface area (Å²) in [6, 6.07) is 0.900. The lowest BCUT2D eigenvalue weighted by molar-refractivity contribution is -0.119. The number of amides is 1. The van der Waals surface area contributed by atoms with E-state index in [4.69, 9.17) is 10.8 Å². The molecular weight excluding hydrogens is 168 g/mol. The standard InChI is InChI=1S/C9H16N2O2/c10-9(13)4-11-7-1-2-8(11)6(3-7)5-12/h6-8,12H,1-5H2,(H2,10,13). The molecule has 2 aliphatic heterocycles. The molecule has 2 aliphatic rings. The van der Waals surface area contributed by atoms with Crippen LogP contribution >= 0.6 is 0 Å². The molecule has 2 heterocycles. The highest BCUT2D eigenvalue weighted by atomic mass is 16.3. The average Bonchev–Trinajstić information content (AvgIpc) is 2.61. The first-order valence-electron chi connectivity index (χ1n) is 4.87.